The van der Waals surface area contributed by atoms with Gasteiger partial charge >= 0.3 is 0 Å². The first-order valence-electron chi connectivity index (χ1n) is 7.76. The van der Waals surface area contributed by atoms with Gasteiger partial charge in [0.25, 0.3) is 11.5 Å². The first kappa shape index (κ1) is 18.3. The number of nitrogens with one attached hydrogen (secondary N) is 1. The summed E-state index contributed by atoms with van der Waals surface area (Å²) in [5.41, 5.74) is 1.71. The monoisotopic (exact) mass is 432 g/mol. The molecule has 8 heteroatoms. The minimum atomic E-state index is -0.263. The minimum Gasteiger partial charge on any atom is -0.350 e. The molecule has 0 fully saturated rings. The number of amides is 1. The Kier molecular flexibility index (Phi) is 5.80. The van der Waals surface area contributed by atoms with E-state index < -0.39 is 0 Å². The highest BCUT2D eigenvalue weighted by atomic mass is 79.9. The quantitative estimate of drug-likeness (QED) is 0.670. The molecule has 26 heavy (non-hydrogen) atoms. The number of halogens is 2. The molecule has 0 spiro atoms. The normalized spacial score (nSPS) is 10.5. The maximum atomic E-state index is 12.1. The Morgan fingerprint density at radius 1 is 1.15 bits per heavy atom. The predicted octanol–water partition coefficient (Wildman–Crippen LogP) is 3.15. The largest absolute Gasteiger partial charge is 0.350 e. The zero-order chi connectivity index (χ0) is 18.5. The molecule has 0 saturated carbocycles. The Hall–Kier alpha value is -2.51. The van der Waals surface area contributed by atoms with E-state index in [9.17, 15) is 9.59 Å². The number of nitrogens with zero attached hydrogens (tertiary/aromatic N) is 3. The molecular formula is C18H14BrClN4O2. The molecule has 2 heterocycles. The van der Waals surface area contributed by atoms with Crippen LogP contribution in [0.2, 0.25) is 5.02 Å². The fraction of sp³-hybridized carbons (Fsp3) is 0.111. The molecule has 0 aliphatic carbocycles. The number of carbonyl (C=O) groups excluding carboxylic acids is 1. The first-order valence-corrected chi connectivity index (χ1v) is 8.93. The van der Waals surface area contributed by atoms with Gasteiger partial charge in [-0.1, -0.05) is 23.7 Å². The fourth-order valence-corrected chi connectivity index (χ4v) is 2.79. The molecule has 1 amide bonds. The summed E-state index contributed by atoms with van der Waals surface area (Å²) in [6.07, 6.45) is 3.08. The Morgan fingerprint density at radius 3 is 2.65 bits per heavy atom. The molecule has 1 aromatic carbocycles. The summed E-state index contributed by atoms with van der Waals surface area (Å²) in [6.45, 7) is 0.524. The van der Waals surface area contributed by atoms with Gasteiger partial charge in [0.05, 0.1) is 17.8 Å². The zero-order valence-electron chi connectivity index (χ0n) is 13.5. The van der Waals surface area contributed by atoms with Gasteiger partial charge in [-0.15, -0.1) is 0 Å². The number of hydrogen-bond acceptors (Lipinski definition) is 4. The fourth-order valence-electron chi connectivity index (χ4n) is 2.30. The number of hydrogen-bond donors (Lipinski definition) is 1. The third-order valence-corrected chi connectivity index (χ3v) is 4.27. The van der Waals surface area contributed by atoms with Gasteiger partial charge in [0, 0.05) is 40.1 Å². The summed E-state index contributed by atoms with van der Waals surface area (Å²) in [5.74, 6) is -0.263. The highest BCUT2D eigenvalue weighted by Gasteiger charge is 2.07. The second-order valence-corrected chi connectivity index (χ2v) is 6.79. The summed E-state index contributed by atoms with van der Waals surface area (Å²) in [4.78, 5) is 28.1. The molecule has 3 rings (SSSR count). The topological polar surface area (TPSA) is 76.9 Å². The van der Waals surface area contributed by atoms with E-state index in [2.05, 4.69) is 31.3 Å². The molecule has 0 aliphatic heterocycles. The van der Waals surface area contributed by atoms with E-state index in [-0.39, 0.29) is 24.6 Å². The van der Waals surface area contributed by atoms with Crippen LogP contribution in [0, 0.1) is 0 Å². The van der Waals surface area contributed by atoms with Crippen LogP contribution in [0.15, 0.2) is 64.1 Å². The maximum absolute atomic E-state index is 12.1. The number of aromatic nitrogens is 3. The number of carbonyl (C=O) groups is 1. The Balaban J connectivity index is 1.68. The van der Waals surface area contributed by atoms with Crippen LogP contribution in [0.5, 0.6) is 0 Å². The van der Waals surface area contributed by atoms with Gasteiger partial charge in [-0.05, 0) is 40.2 Å². The first-order chi connectivity index (χ1) is 12.5. The van der Waals surface area contributed by atoms with Crippen LogP contribution in [0.3, 0.4) is 0 Å². The van der Waals surface area contributed by atoms with Crippen molar-refractivity contribution in [2.24, 2.45) is 0 Å². The van der Waals surface area contributed by atoms with Crippen molar-refractivity contribution in [3.8, 4) is 11.3 Å². The highest BCUT2D eigenvalue weighted by Crippen LogP contribution is 2.18. The van der Waals surface area contributed by atoms with Gasteiger partial charge in [0.15, 0.2) is 0 Å². The second-order valence-electron chi connectivity index (χ2n) is 5.43. The lowest BCUT2D eigenvalue weighted by molar-refractivity contribution is 0.0951. The molecule has 132 valence electrons. The van der Waals surface area contributed by atoms with E-state index in [0.29, 0.717) is 16.3 Å². The van der Waals surface area contributed by atoms with Crippen molar-refractivity contribution in [3.05, 3.63) is 80.3 Å². The van der Waals surface area contributed by atoms with E-state index in [1.54, 1.807) is 30.5 Å². The molecule has 0 atom stereocenters. The van der Waals surface area contributed by atoms with Crippen molar-refractivity contribution < 1.29 is 4.79 Å². The zero-order valence-corrected chi connectivity index (χ0v) is 15.9. The summed E-state index contributed by atoms with van der Waals surface area (Å²) in [7, 11) is 0. The van der Waals surface area contributed by atoms with Gasteiger partial charge in [0.1, 0.15) is 0 Å². The lowest BCUT2D eigenvalue weighted by Gasteiger charge is -2.09. The van der Waals surface area contributed by atoms with Crippen molar-refractivity contribution in [3.63, 3.8) is 0 Å². The predicted molar refractivity (Wildman–Crippen MR) is 103 cm³/mol. The van der Waals surface area contributed by atoms with Gasteiger partial charge in [0.2, 0.25) is 0 Å². The van der Waals surface area contributed by atoms with E-state index in [1.165, 1.54) is 16.9 Å². The average Bonchev–Trinajstić information content (AvgIpc) is 2.64. The van der Waals surface area contributed by atoms with Crippen LogP contribution in [0.1, 0.15) is 10.4 Å². The summed E-state index contributed by atoms with van der Waals surface area (Å²) >= 11 is 9.16. The molecule has 0 radical (unpaired) electrons. The van der Waals surface area contributed by atoms with E-state index in [4.69, 9.17) is 11.6 Å². The molecule has 1 N–H and O–H groups in total. The molecular weight excluding hydrogens is 420 g/mol. The van der Waals surface area contributed by atoms with E-state index in [0.717, 1.165) is 10.0 Å². The van der Waals surface area contributed by atoms with E-state index >= 15 is 0 Å². The highest BCUT2D eigenvalue weighted by molar-refractivity contribution is 9.10. The molecule has 0 bridgehead atoms. The molecule has 0 saturated heterocycles. The number of benzene rings is 1. The van der Waals surface area contributed by atoms with Crippen LogP contribution in [-0.2, 0) is 6.54 Å². The summed E-state index contributed by atoms with van der Waals surface area (Å²) in [6, 6.07) is 12.0. The van der Waals surface area contributed by atoms with Gasteiger partial charge < -0.3 is 5.32 Å². The molecule has 2 aromatic heterocycles. The van der Waals surface area contributed by atoms with E-state index in [1.807, 2.05) is 12.1 Å². The van der Waals surface area contributed by atoms with Crippen LogP contribution in [-0.4, -0.2) is 27.2 Å². The molecule has 6 nitrogen and oxygen atoms in total. The van der Waals surface area contributed by atoms with Crippen molar-refractivity contribution in [1.29, 1.82) is 0 Å². The van der Waals surface area contributed by atoms with Gasteiger partial charge in [-0.2, -0.15) is 5.10 Å². The van der Waals surface area contributed by atoms with Gasteiger partial charge in [-0.3, -0.25) is 14.6 Å². The molecule has 3 aromatic rings. The van der Waals surface area contributed by atoms with Crippen molar-refractivity contribution in [1.82, 2.24) is 20.1 Å². The number of pyridine rings is 1. The summed E-state index contributed by atoms with van der Waals surface area (Å²) in [5, 5.41) is 7.73. The average molecular weight is 434 g/mol. The Morgan fingerprint density at radius 2 is 1.92 bits per heavy atom. The van der Waals surface area contributed by atoms with Crippen LogP contribution >= 0.6 is 27.5 Å². The van der Waals surface area contributed by atoms with Crippen LogP contribution in [0.25, 0.3) is 11.3 Å². The van der Waals surface area contributed by atoms with Crippen LogP contribution in [0.4, 0.5) is 0 Å². The van der Waals surface area contributed by atoms with Gasteiger partial charge in [-0.25, -0.2) is 4.68 Å². The van der Waals surface area contributed by atoms with Crippen molar-refractivity contribution in [2.75, 3.05) is 6.54 Å². The van der Waals surface area contributed by atoms with Crippen molar-refractivity contribution >= 4 is 33.4 Å². The van der Waals surface area contributed by atoms with Crippen LogP contribution < -0.4 is 10.9 Å². The minimum absolute atomic E-state index is 0.235. The smallest absolute Gasteiger partial charge is 0.266 e. The molecule has 0 aliphatic rings. The third-order valence-electron chi connectivity index (χ3n) is 3.58. The standard InChI is InChI=1S/C18H14BrClN4O2/c19-14-9-13(10-21-11-14)18(26)22-7-8-24-17(25)6-5-16(23-24)12-1-3-15(20)4-2-12/h1-6,9-11H,7-8H2,(H,22,26). The third kappa shape index (κ3) is 4.56. The Bertz CT molecular complexity index is 989. The van der Waals surface area contributed by atoms with Crippen molar-refractivity contribution in [2.45, 2.75) is 6.54 Å². The lowest BCUT2D eigenvalue weighted by Crippen LogP contribution is -2.32. The maximum Gasteiger partial charge on any atom is 0.266 e. The summed E-state index contributed by atoms with van der Waals surface area (Å²) < 4.78 is 2.04. The Labute approximate surface area is 163 Å². The second kappa shape index (κ2) is 8.25. The lowest BCUT2D eigenvalue weighted by atomic mass is 10.1. The number of rotatable bonds is 5. The SMILES string of the molecule is O=C(NCCn1nc(-c2ccc(Cl)cc2)ccc1=O)c1cncc(Br)c1. The molecule has 0 unspecified atom stereocenters.